The minimum Gasteiger partial charge on any atom is -0.493 e. The summed E-state index contributed by atoms with van der Waals surface area (Å²) in [4.78, 5) is 24.5. The van der Waals surface area contributed by atoms with Crippen molar-refractivity contribution in [3.05, 3.63) is 84.8 Å². The van der Waals surface area contributed by atoms with Gasteiger partial charge in [0.15, 0.2) is 0 Å². The Morgan fingerprint density at radius 1 is 1.00 bits per heavy atom. The highest BCUT2D eigenvalue weighted by Crippen LogP contribution is 2.29. The molecule has 3 aromatic heterocycles. The highest BCUT2D eigenvalue weighted by atomic mass is 16.5. The maximum absolute atomic E-state index is 11.8. The predicted molar refractivity (Wildman–Crippen MR) is 125 cm³/mol. The van der Waals surface area contributed by atoms with Gasteiger partial charge in [-0.1, -0.05) is 36.4 Å². The predicted octanol–water partition coefficient (Wildman–Crippen LogP) is 3.79. The second kappa shape index (κ2) is 8.87. The maximum atomic E-state index is 11.8. The van der Waals surface area contributed by atoms with Crippen molar-refractivity contribution >= 4 is 23.3 Å². The fourth-order valence-electron chi connectivity index (χ4n) is 3.33. The summed E-state index contributed by atoms with van der Waals surface area (Å²) in [6, 6.07) is 19.8. The monoisotopic (exact) mass is 453 g/mol. The van der Waals surface area contributed by atoms with Crippen LogP contribution < -0.4 is 15.4 Å². The van der Waals surface area contributed by atoms with Gasteiger partial charge in [-0.15, -0.1) is 5.10 Å². The first-order valence-electron chi connectivity index (χ1n) is 10.3. The van der Waals surface area contributed by atoms with Gasteiger partial charge in [-0.2, -0.15) is 9.50 Å². The van der Waals surface area contributed by atoms with E-state index in [1.807, 2.05) is 36.4 Å². The number of nitrogens with zero attached hydrogens (tertiary/aromatic N) is 5. The third-order valence-corrected chi connectivity index (χ3v) is 4.94. The van der Waals surface area contributed by atoms with Gasteiger partial charge in [0.05, 0.1) is 5.56 Å². The Morgan fingerprint density at radius 2 is 1.82 bits per heavy atom. The van der Waals surface area contributed by atoms with Crippen LogP contribution in [0.5, 0.6) is 17.4 Å². The Kier molecular flexibility index (Phi) is 5.45. The smallest absolute Gasteiger partial charge is 0.269 e. The standard InChI is InChI=1S/C24H19N7O3/c1-25-21(32)20-13-18(10-11-26-20)34-17-9-5-8-16(12-17)28-23-29-24-27-14-19(22(33)31(24)30-23)15-6-3-2-4-7-15/h2-14,33H,1H3,(H,25,32)(H,28,30). The zero-order valence-corrected chi connectivity index (χ0v) is 18.0. The van der Waals surface area contributed by atoms with Crippen LogP contribution in [-0.2, 0) is 0 Å². The molecule has 0 saturated carbocycles. The largest absolute Gasteiger partial charge is 0.493 e. The summed E-state index contributed by atoms with van der Waals surface area (Å²) in [5.41, 5.74) is 2.29. The van der Waals surface area contributed by atoms with E-state index in [0.717, 1.165) is 5.56 Å². The third-order valence-electron chi connectivity index (χ3n) is 4.94. The highest BCUT2D eigenvalue weighted by Gasteiger charge is 2.14. The first-order valence-corrected chi connectivity index (χ1v) is 10.3. The molecule has 10 heteroatoms. The lowest BCUT2D eigenvalue weighted by atomic mass is 10.1. The molecule has 0 aliphatic heterocycles. The lowest BCUT2D eigenvalue weighted by Crippen LogP contribution is -2.18. The van der Waals surface area contributed by atoms with Gasteiger partial charge in [0.1, 0.15) is 17.2 Å². The molecule has 0 aliphatic rings. The van der Waals surface area contributed by atoms with E-state index in [9.17, 15) is 9.90 Å². The topological polar surface area (TPSA) is 127 Å². The molecule has 0 radical (unpaired) electrons. The molecule has 0 fully saturated rings. The third kappa shape index (κ3) is 4.19. The molecule has 0 saturated heterocycles. The molecule has 0 aliphatic carbocycles. The average Bonchev–Trinajstić information content (AvgIpc) is 3.28. The number of carbonyl (C=O) groups is 1. The number of benzene rings is 2. The summed E-state index contributed by atoms with van der Waals surface area (Å²) >= 11 is 0. The van der Waals surface area contributed by atoms with Gasteiger partial charge in [0.25, 0.3) is 11.7 Å². The number of carbonyl (C=O) groups excluding carboxylic acids is 1. The zero-order chi connectivity index (χ0) is 23.5. The molecule has 0 unspecified atom stereocenters. The van der Waals surface area contributed by atoms with E-state index in [1.54, 1.807) is 36.5 Å². The van der Waals surface area contributed by atoms with Gasteiger partial charge in [0, 0.05) is 37.3 Å². The van der Waals surface area contributed by atoms with Gasteiger partial charge >= 0.3 is 0 Å². The molecule has 168 valence electrons. The Bertz CT molecular complexity index is 1480. The van der Waals surface area contributed by atoms with Crippen molar-refractivity contribution in [3.63, 3.8) is 0 Å². The molecule has 10 nitrogen and oxygen atoms in total. The average molecular weight is 453 g/mol. The summed E-state index contributed by atoms with van der Waals surface area (Å²) in [6.45, 7) is 0. The zero-order valence-electron chi connectivity index (χ0n) is 18.0. The Hall–Kier alpha value is -4.99. The second-order valence-electron chi connectivity index (χ2n) is 7.22. The Labute approximate surface area is 193 Å². The number of aromatic nitrogens is 5. The number of fused-ring (bicyclic) bond motifs is 1. The van der Waals surface area contributed by atoms with E-state index in [0.29, 0.717) is 22.7 Å². The van der Waals surface area contributed by atoms with Crippen LogP contribution in [0.2, 0.25) is 0 Å². The molecule has 3 N–H and O–H groups in total. The van der Waals surface area contributed by atoms with Gasteiger partial charge in [-0.3, -0.25) is 9.78 Å². The summed E-state index contributed by atoms with van der Waals surface area (Å²) in [7, 11) is 1.54. The molecule has 5 aromatic rings. The number of nitrogens with one attached hydrogen (secondary N) is 2. The van der Waals surface area contributed by atoms with Crippen LogP contribution in [0.15, 0.2) is 79.1 Å². The van der Waals surface area contributed by atoms with Crippen molar-refractivity contribution in [1.82, 2.24) is 29.9 Å². The first-order chi connectivity index (χ1) is 16.6. The molecule has 1 amide bonds. The molecule has 0 bridgehead atoms. The van der Waals surface area contributed by atoms with Crippen molar-refractivity contribution < 1.29 is 14.6 Å². The summed E-state index contributed by atoms with van der Waals surface area (Å²) in [5.74, 6) is 1.17. The van der Waals surface area contributed by atoms with Crippen molar-refractivity contribution in [3.8, 4) is 28.5 Å². The number of rotatable bonds is 6. The minimum atomic E-state index is -0.300. The molecule has 34 heavy (non-hydrogen) atoms. The van der Waals surface area contributed by atoms with E-state index in [1.165, 1.54) is 17.8 Å². The fourth-order valence-corrected chi connectivity index (χ4v) is 3.33. The maximum Gasteiger partial charge on any atom is 0.269 e. The molecule has 3 heterocycles. The van der Waals surface area contributed by atoms with Crippen LogP contribution >= 0.6 is 0 Å². The second-order valence-corrected chi connectivity index (χ2v) is 7.22. The molecular formula is C24H19N7O3. The van der Waals surface area contributed by atoms with Gasteiger partial charge < -0.3 is 20.5 Å². The normalized spacial score (nSPS) is 10.7. The van der Waals surface area contributed by atoms with E-state index >= 15 is 0 Å². The summed E-state index contributed by atoms with van der Waals surface area (Å²) < 4.78 is 7.16. The number of anilines is 2. The highest BCUT2D eigenvalue weighted by molar-refractivity contribution is 5.92. The van der Waals surface area contributed by atoms with Crippen LogP contribution in [0.25, 0.3) is 16.9 Å². The quantitative estimate of drug-likeness (QED) is 0.354. The van der Waals surface area contributed by atoms with Crippen molar-refractivity contribution in [2.75, 3.05) is 12.4 Å². The Morgan fingerprint density at radius 3 is 2.65 bits per heavy atom. The number of hydrogen-bond donors (Lipinski definition) is 3. The molecule has 2 aromatic carbocycles. The van der Waals surface area contributed by atoms with E-state index in [2.05, 4.69) is 30.7 Å². The fraction of sp³-hybridized carbons (Fsp3) is 0.0417. The summed E-state index contributed by atoms with van der Waals surface area (Å²) in [6.07, 6.45) is 3.07. The van der Waals surface area contributed by atoms with Crippen LogP contribution in [-0.4, -0.2) is 42.6 Å². The summed E-state index contributed by atoms with van der Waals surface area (Å²) in [5, 5.41) is 20.7. The number of pyridine rings is 1. The SMILES string of the molecule is CNC(=O)c1cc(Oc2cccc(Nc3nc4ncc(-c5ccccc5)c(O)n4n3)c2)ccn1. The van der Waals surface area contributed by atoms with E-state index < -0.39 is 0 Å². The van der Waals surface area contributed by atoms with Crippen LogP contribution in [0.4, 0.5) is 11.6 Å². The van der Waals surface area contributed by atoms with Crippen molar-refractivity contribution in [1.29, 1.82) is 0 Å². The van der Waals surface area contributed by atoms with E-state index in [-0.39, 0.29) is 29.2 Å². The van der Waals surface area contributed by atoms with Crippen LogP contribution in [0.3, 0.4) is 0 Å². The van der Waals surface area contributed by atoms with Gasteiger partial charge in [-0.05, 0) is 23.8 Å². The number of aromatic hydroxyl groups is 1. The van der Waals surface area contributed by atoms with Crippen molar-refractivity contribution in [2.45, 2.75) is 0 Å². The molecule has 0 atom stereocenters. The van der Waals surface area contributed by atoms with Crippen molar-refractivity contribution in [2.24, 2.45) is 0 Å². The number of amides is 1. The van der Waals surface area contributed by atoms with E-state index in [4.69, 9.17) is 4.74 Å². The Balaban J connectivity index is 1.38. The lowest BCUT2D eigenvalue weighted by molar-refractivity contribution is 0.0958. The minimum absolute atomic E-state index is 0.0570. The number of hydrogen-bond acceptors (Lipinski definition) is 8. The van der Waals surface area contributed by atoms with Crippen LogP contribution in [0.1, 0.15) is 10.5 Å². The molecule has 0 spiro atoms. The molecule has 5 rings (SSSR count). The van der Waals surface area contributed by atoms with Crippen LogP contribution in [0, 0.1) is 0 Å². The molecular weight excluding hydrogens is 434 g/mol. The lowest BCUT2D eigenvalue weighted by Gasteiger charge is -2.08. The number of ether oxygens (including phenoxy) is 1. The van der Waals surface area contributed by atoms with Gasteiger partial charge in [-0.25, -0.2) is 4.98 Å². The van der Waals surface area contributed by atoms with Gasteiger partial charge in [0.2, 0.25) is 11.8 Å². The first kappa shape index (κ1) is 20.9.